The van der Waals surface area contributed by atoms with Crippen LogP contribution in [0.1, 0.15) is 44.5 Å². The van der Waals surface area contributed by atoms with Crippen LogP contribution in [0.2, 0.25) is 0 Å². The van der Waals surface area contributed by atoms with E-state index in [0.717, 1.165) is 9.80 Å². The van der Waals surface area contributed by atoms with Crippen molar-refractivity contribution in [1.82, 2.24) is 20.9 Å². The minimum absolute atomic E-state index is 0.0316. The van der Waals surface area contributed by atoms with E-state index in [9.17, 15) is 33.6 Å². The predicted molar refractivity (Wildman–Crippen MR) is 202 cm³/mol. The van der Waals surface area contributed by atoms with E-state index >= 15 is 0 Å². The molecule has 1 aromatic heterocycles. The lowest BCUT2D eigenvalue weighted by Crippen LogP contribution is -2.54. The lowest BCUT2D eigenvalue weighted by molar-refractivity contribution is -0.136. The van der Waals surface area contributed by atoms with Crippen molar-refractivity contribution in [2.75, 3.05) is 70.5 Å². The van der Waals surface area contributed by atoms with Crippen molar-refractivity contribution in [1.29, 1.82) is 0 Å². The van der Waals surface area contributed by atoms with Crippen molar-refractivity contribution in [2.45, 2.75) is 24.9 Å². The van der Waals surface area contributed by atoms with Crippen LogP contribution in [0.25, 0.3) is 0 Å². The monoisotopic (exact) mass is 788 g/mol. The summed E-state index contributed by atoms with van der Waals surface area (Å²) >= 11 is 1.24. The molecular weight excluding hydrogens is 749 g/mol. The molecule has 3 heterocycles. The van der Waals surface area contributed by atoms with Gasteiger partial charge in [0.1, 0.15) is 17.5 Å². The SMILES string of the molecule is C#CC(=O)N(c1ccc(OC)cc1OC)C(C(=O)NCC(=O)NCCOCCOCCNc1cccc2c1C(=O)N(C1CCC(=O)NC1=O)C2=O)c1cccs1. The van der Waals surface area contributed by atoms with Gasteiger partial charge in [0.2, 0.25) is 23.6 Å². The Kier molecular flexibility index (Phi) is 14.1. The molecule has 7 amide bonds. The van der Waals surface area contributed by atoms with Gasteiger partial charge in [0.05, 0.1) is 64.0 Å². The number of ether oxygens (including phenoxy) is 4. The molecule has 1 fully saturated rings. The Bertz CT molecular complexity index is 2010. The first-order valence-corrected chi connectivity index (χ1v) is 18.3. The second-order valence-electron chi connectivity index (χ2n) is 12.2. The van der Waals surface area contributed by atoms with Gasteiger partial charge in [0, 0.05) is 36.1 Å². The summed E-state index contributed by atoms with van der Waals surface area (Å²) in [5.74, 6) is -1.46. The van der Waals surface area contributed by atoms with Crippen molar-refractivity contribution in [2.24, 2.45) is 0 Å². The highest BCUT2D eigenvalue weighted by Gasteiger charge is 2.45. The average molecular weight is 789 g/mol. The Morgan fingerprint density at radius 3 is 2.41 bits per heavy atom. The molecule has 0 radical (unpaired) electrons. The number of carbonyl (C=O) groups excluding carboxylic acids is 7. The zero-order valence-electron chi connectivity index (χ0n) is 30.6. The molecule has 294 valence electrons. The van der Waals surface area contributed by atoms with E-state index in [2.05, 4.69) is 27.2 Å². The molecule has 2 aliphatic heterocycles. The van der Waals surface area contributed by atoms with E-state index in [-0.39, 0.29) is 74.9 Å². The molecule has 0 aliphatic carbocycles. The fourth-order valence-corrected chi connectivity index (χ4v) is 6.88. The Morgan fingerprint density at radius 2 is 1.73 bits per heavy atom. The Labute approximate surface area is 326 Å². The predicted octanol–water partition coefficient (Wildman–Crippen LogP) is 1.25. The highest BCUT2D eigenvalue weighted by Crippen LogP contribution is 2.38. The third kappa shape index (κ3) is 9.49. The number of rotatable bonds is 19. The zero-order valence-corrected chi connectivity index (χ0v) is 31.4. The molecule has 5 rings (SSSR count). The van der Waals surface area contributed by atoms with Crippen LogP contribution in [-0.2, 0) is 33.4 Å². The van der Waals surface area contributed by atoms with Crippen LogP contribution in [-0.4, -0.2) is 113 Å². The van der Waals surface area contributed by atoms with E-state index in [1.54, 1.807) is 47.8 Å². The van der Waals surface area contributed by atoms with Crippen LogP contribution in [0.3, 0.4) is 0 Å². The van der Waals surface area contributed by atoms with Gasteiger partial charge < -0.3 is 34.9 Å². The van der Waals surface area contributed by atoms with Gasteiger partial charge in [-0.1, -0.05) is 12.1 Å². The van der Waals surface area contributed by atoms with Gasteiger partial charge in [0.15, 0.2) is 6.04 Å². The molecule has 56 heavy (non-hydrogen) atoms. The number of hydrogen-bond acceptors (Lipinski definition) is 13. The third-order valence-electron chi connectivity index (χ3n) is 8.70. The van der Waals surface area contributed by atoms with Crippen LogP contribution in [0, 0.1) is 12.3 Å². The Hall–Kier alpha value is -6.29. The first-order valence-electron chi connectivity index (χ1n) is 17.4. The number of hydrogen-bond donors (Lipinski definition) is 4. The molecule has 18 heteroatoms. The highest BCUT2D eigenvalue weighted by atomic mass is 32.1. The summed E-state index contributed by atoms with van der Waals surface area (Å²) in [4.78, 5) is 91.9. The van der Waals surface area contributed by atoms with Crippen LogP contribution in [0.15, 0.2) is 53.9 Å². The van der Waals surface area contributed by atoms with Crippen molar-refractivity contribution in [3.05, 3.63) is 69.9 Å². The lowest BCUT2D eigenvalue weighted by atomic mass is 10.0. The summed E-state index contributed by atoms with van der Waals surface area (Å²) in [5.41, 5.74) is 0.982. The normalized spacial score (nSPS) is 15.3. The quantitative estimate of drug-likeness (QED) is 0.0769. The number of terminal acetylenes is 1. The standard InChI is InChI=1S/C38H40N6O11S/c1-4-32(47)43(26-11-10-23(52-2)21-28(26)53-3)34(29-9-6-20-56-29)36(49)41-22-31(46)40-15-17-55-19-18-54-16-14-39-25-8-5-7-24-33(25)38(51)44(37(24)50)27-12-13-30(45)42-35(27)48/h1,5-11,20-21,27,34,39H,12-19,22H2,2-3H3,(H,40,46)(H,41,49)(H,42,45,48). The first-order chi connectivity index (χ1) is 27.1. The zero-order chi connectivity index (χ0) is 40.2. The maximum atomic E-state index is 13.6. The van der Waals surface area contributed by atoms with Crippen molar-refractivity contribution < 1.29 is 52.5 Å². The fourth-order valence-electron chi connectivity index (χ4n) is 6.07. The number of imide groups is 2. The van der Waals surface area contributed by atoms with Crippen molar-refractivity contribution in [3.63, 3.8) is 0 Å². The maximum Gasteiger partial charge on any atom is 0.303 e. The Balaban J connectivity index is 1.02. The second-order valence-corrected chi connectivity index (χ2v) is 13.1. The highest BCUT2D eigenvalue weighted by molar-refractivity contribution is 7.10. The van der Waals surface area contributed by atoms with Crippen LogP contribution < -0.4 is 35.6 Å². The van der Waals surface area contributed by atoms with Gasteiger partial charge in [-0.25, -0.2) is 0 Å². The summed E-state index contributed by atoms with van der Waals surface area (Å²) in [7, 11) is 2.89. The van der Waals surface area contributed by atoms with Crippen molar-refractivity contribution in [3.8, 4) is 23.8 Å². The van der Waals surface area contributed by atoms with E-state index in [4.69, 9.17) is 25.4 Å². The van der Waals surface area contributed by atoms with E-state index in [1.165, 1.54) is 31.6 Å². The maximum absolute atomic E-state index is 13.6. The number of nitrogens with zero attached hydrogens (tertiary/aromatic N) is 2. The number of benzene rings is 2. The van der Waals surface area contributed by atoms with Crippen LogP contribution >= 0.6 is 11.3 Å². The van der Waals surface area contributed by atoms with Crippen LogP contribution in [0.5, 0.6) is 11.5 Å². The van der Waals surface area contributed by atoms with Gasteiger partial charge in [-0.15, -0.1) is 17.8 Å². The molecule has 0 spiro atoms. The molecule has 2 aliphatic rings. The summed E-state index contributed by atoms with van der Waals surface area (Å²) < 4.78 is 21.8. The molecule has 0 bridgehead atoms. The fraction of sp³-hybridized carbons (Fsp3) is 0.342. The number of methoxy groups -OCH3 is 2. The molecule has 1 saturated heterocycles. The lowest BCUT2D eigenvalue weighted by Gasteiger charge is -2.30. The average Bonchev–Trinajstić information content (AvgIpc) is 3.82. The topological polar surface area (TPSA) is 211 Å². The minimum atomic E-state index is -1.21. The van der Waals surface area contributed by atoms with Gasteiger partial charge in [-0.3, -0.25) is 48.7 Å². The summed E-state index contributed by atoms with van der Waals surface area (Å²) in [6, 6.07) is 10.7. The molecule has 2 aromatic carbocycles. The number of carbonyl (C=O) groups is 7. The smallest absolute Gasteiger partial charge is 0.303 e. The van der Waals surface area contributed by atoms with E-state index < -0.39 is 53.4 Å². The molecule has 2 unspecified atom stereocenters. The van der Waals surface area contributed by atoms with E-state index in [1.807, 2.05) is 0 Å². The van der Waals surface area contributed by atoms with Crippen LogP contribution in [0.4, 0.5) is 11.4 Å². The largest absolute Gasteiger partial charge is 0.497 e. The van der Waals surface area contributed by atoms with Crippen molar-refractivity contribution >= 4 is 64.1 Å². The Morgan fingerprint density at radius 1 is 0.964 bits per heavy atom. The number of nitrogens with one attached hydrogen (secondary N) is 4. The number of piperidine rings is 1. The minimum Gasteiger partial charge on any atom is -0.497 e. The first kappa shape index (κ1) is 40.9. The molecule has 3 aromatic rings. The number of anilines is 2. The van der Waals surface area contributed by atoms with E-state index in [0.29, 0.717) is 22.9 Å². The van der Waals surface area contributed by atoms with Gasteiger partial charge in [-0.05, 0) is 48.1 Å². The third-order valence-corrected chi connectivity index (χ3v) is 9.63. The molecule has 4 N–H and O–H groups in total. The molecule has 0 saturated carbocycles. The van der Waals surface area contributed by atoms with Gasteiger partial charge in [0.25, 0.3) is 11.8 Å². The molecular formula is C38H40N6O11S. The molecule has 17 nitrogen and oxygen atoms in total. The summed E-state index contributed by atoms with van der Waals surface area (Å²) in [5, 5.41) is 12.3. The number of amides is 7. The number of fused-ring (bicyclic) bond motifs is 1. The second kappa shape index (κ2) is 19.3. The van der Waals surface area contributed by atoms with Gasteiger partial charge in [-0.2, -0.15) is 0 Å². The van der Waals surface area contributed by atoms with Gasteiger partial charge >= 0.3 is 5.91 Å². The summed E-state index contributed by atoms with van der Waals surface area (Å²) in [6.07, 6.45) is 5.61. The summed E-state index contributed by atoms with van der Waals surface area (Å²) in [6.45, 7) is 0.924. The molecule has 2 atom stereocenters. The number of thiophene rings is 1.